The van der Waals surface area contributed by atoms with Gasteiger partial charge in [0, 0.05) is 0 Å². The van der Waals surface area contributed by atoms with Crippen molar-refractivity contribution in [1.29, 1.82) is 5.26 Å². The molecule has 3 amide bonds. The van der Waals surface area contributed by atoms with E-state index in [2.05, 4.69) is 16.4 Å². The summed E-state index contributed by atoms with van der Waals surface area (Å²) in [5, 5.41) is 11.8. The van der Waals surface area contributed by atoms with Crippen LogP contribution in [0.5, 0.6) is 0 Å². The predicted molar refractivity (Wildman–Crippen MR) is 95.2 cm³/mol. The SMILES string of the molecule is Cc1cc(SC(C)C(=O)NC(N)=O)n2c(nc3ccccc32)c1C#N. The Labute approximate surface area is 147 Å². The monoisotopic (exact) mass is 353 g/mol. The van der Waals surface area contributed by atoms with Crippen molar-refractivity contribution < 1.29 is 9.59 Å². The summed E-state index contributed by atoms with van der Waals surface area (Å²) in [4.78, 5) is 27.4. The Bertz CT molecular complexity index is 1050. The summed E-state index contributed by atoms with van der Waals surface area (Å²) >= 11 is 1.27. The zero-order chi connectivity index (χ0) is 18.1. The highest BCUT2D eigenvalue weighted by molar-refractivity contribution is 8.00. The molecule has 0 bridgehead atoms. The first-order valence-electron chi connectivity index (χ1n) is 7.50. The Hall–Kier alpha value is -3.05. The summed E-state index contributed by atoms with van der Waals surface area (Å²) in [6.45, 7) is 3.51. The summed E-state index contributed by atoms with van der Waals surface area (Å²) in [5.41, 5.74) is 8.43. The van der Waals surface area contributed by atoms with E-state index < -0.39 is 17.2 Å². The van der Waals surface area contributed by atoms with Crippen molar-refractivity contribution in [2.24, 2.45) is 5.73 Å². The minimum atomic E-state index is -0.883. The summed E-state index contributed by atoms with van der Waals surface area (Å²) in [6.07, 6.45) is 0. The molecule has 1 atom stereocenters. The second-order valence-corrected chi connectivity index (χ2v) is 6.89. The highest BCUT2D eigenvalue weighted by Gasteiger charge is 2.20. The number of imide groups is 1. The molecular weight excluding hydrogens is 338 g/mol. The maximum absolute atomic E-state index is 12.0. The molecular formula is C17H15N5O2S. The Kier molecular flexibility index (Phi) is 4.33. The maximum Gasteiger partial charge on any atom is 0.318 e. The summed E-state index contributed by atoms with van der Waals surface area (Å²) in [6, 6.07) is 10.7. The lowest BCUT2D eigenvalue weighted by Gasteiger charge is -2.13. The number of benzene rings is 1. The summed E-state index contributed by atoms with van der Waals surface area (Å²) in [5.74, 6) is -0.475. The van der Waals surface area contributed by atoms with Crippen LogP contribution in [0.4, 0.5) is 4.79 Å². The first-order chi connectivity index (χ1) is 11.9. The van der Waals surface area contributed by atoms with E-state index in [9.17, 15) is 14.9 Å². The first kappa shape index (κ1) is 16.8. The Balaban J connectivity index is 2.16. The fraction of sp³-hybridized carbons (Fsp3) is 0.176. The number of hydrogen-bond donors (Lipinski definition) is 2. The van der Waals surface area contributed by atoms with Crippen molar-refractivity contribution in [3.05, 3.63) is 41.5 Å². The first-order valence-corrected chi connectivity index (χ1v) is 8.38. The third kappa shape index (κ3) is 3.02. The van der Waals surface area contributed by atoms with E-state index in [1.54, 1.807) is 6.92 Å². The molecule has 0 spiro atoms. The van der Waals surface area contributed by atoms with Gasteiger partial charge in [-0.3, -0.25) is 14.5 Å². The third-order valence-corrected chi connectivity index (χ3v) is 4.87. The van der Waals surface area contributed by atoms with Crippen molar-refractivity contribution in [2.45, 2.75) is 24.1 Å². The number of carbonyl (C=O) groups is 2. The van der Waals surface area contributed by atoms with E-state index in [0.717, 1.165) is 21.6 Å². The zero-order valence-electron chi connectivity index (χ0n) is 13.6. The van der Waals surface area contributed by atoms with Gasteiger partial charge in [-0.1, -0.05) is 23.9 Å². The Morgan fingerprint density at radius 3 is 2.80 bits per heavy atom. The fourth-order valence-electron chi connectivity index (χ4n) is 2.60. The van der Waals surface area contributed by atoms with Gasteiger partial charge in [0.15, 0.2) is 5.65 Å². The van der Waals surface area contributed by atoms with Gasteiger partial charge in [-0.25, -0.2) is 9.78 Å². The minimum Gasteiger partial charge on any atom is -0.351 e. The molecule has 3 aromatic rings. The molecule has 3 N–H and O–H groups in total. The number of nitriles is 1. The van der Waals surface area contributed by atoms with Crippen LogP contribution in [0.15, 0.2) is 35.4 Å². The molecule has 2 aromatic heterocycles. The summed E-state index contributed by atoms with van der Waals surface area (Å²) < 4.78 is 1.86. The number of carbonyl (C=O) groups excluding carboxylic acids is 2. The number of primary amides is 1. The number of aromatic nitrogens is 2. The highest BCUT2D eigenvalue weighted by atomic mass is 32.2. The van der Waals surface area contributed by atoms with Crippen LogP contribution in [-0.2, 0) is 4.79 Å². The number of rotatable bonds is 3. The standard InChI is InChI=1S/C17H15N5O2S/c1-9-7-14(25-10(2)16(23)21-17(19)24)22-13-6-4-3-5-12(13)20-15(22)11(9)8-18/h3-7,10H,1-2H3,(H3,19,21,23,24). The van der Waals surface area contributed by atoms with E-state index in [0.29, 0.717) is 11.2 Å². The van der Waals surface area contributed by atoms with Crippen LogP contribution in [0.3, 0.4) is 0 Å². The van der Waals surface area contributed by atoms with Gasteiger partial charge in [-0.2, -0.15) is 5.26 Å². The number of nitrogens with zero attached hydrogens (tertiary/aromatic N) is 3. The lowest BCUT2D eigenvalue weighted by molar-refractivity contribution is -0.119. The van der Waals surface area contributed by atoms with Crippen LogP contribution in [0, 0.1) is 18.3 Å². The molecule has 0 fully saturated rings. The zero-order valence-corrected chi connectivity index (χ0v) is 14.4. The second kappa shape index (κ2) is 6.45. The molecule has 0 aliphatic rings. The van der Waals surface area contributed by atoms with Crippen LogP contribution in [0.25, 0.3) is 16.7 Å². The van der Waals surface area contributed by atoms with Gasteiger partial charge in [0.2, 0.25) is 5.91 Å². The second-order valence-electron chi connectivity index (χ2n) is 5.53. The average Bonchev–Trinajstić information content (AvgIpc) is 2.93. The van der Waals surface area contributed by atoms with E-state index >= 15 is 0 Å². The van der Waals surface area contributed by atoms with Gasteiger partial charge >= 0.3 is 6.03 Å². The minimum absolute atomic E-state index is 0.475. The van der Waals surface area contributed by atoms with Gasteiger partial charge < -0.3 is 5.73 Å². The molecule has 0 saturated carbocycles. The van der Waals surface area contributed by atoms with E-state index in [1.807, 2.05) is 41.7 Å². The quantitative estimate of drug-likeness (QED) is 0.702. The largest absolute Gasteiger partial charge is 0.351 e. The van der Waals surface area contributed by atoms with Crippen molar-refractivity contribution in [2.75, 3.05) is 0 Å². The van der Waals surface area contributed by atoms with Gasteiger partial charge in [0.05, 0.1) is 26.9 Å². The lowest BCUT2D eigenvalue weighted by atomic mass is 10.2. The Morgan fingerprint density at radius 1 is 1.40 bits per heavy atom. The van der Waals surface area contributed by atoms with Crippen LogP contribution >= 0.6 is 11.8 Å². The molecule has 2 heterocycles. The molecule has 0 aliphatic heterocycles. The average molecular weight is 353 g/mol. The topological polar surface area (TPSA) is 113 Å². The number of thioether (sulfide) groups is 1. The maximum atomic E-state index is 12.0. The predicted octanol–water partition coefficient (Wildman–Crippen LogP) is 2.34. The number of amides is 3. The number of aryl methyl sites for hydroxylation is 1. The lowest BCUT2D eigenvalue weighted by Crippen LogP contribution is -2.39. The number of hydrogen-bond acceptors (Lipinski definition) is 5. The molecule has 0 saturated heterocycles. The number of nitrogens with two attached hydrogens (primary N) is 1. The van der Waals surface area contributed by atoms with Crippen LogP contribution in [-0.4, -0.2) is 26.6 Å². The third-order valence-electron chi connectivity index (χ3n) is 3.76. The van der Waals surface area contributed by atoms with Crippen LogP contribution in [0.2, 0.25) is 0 Å². The number of urea groups is 1. The molecule has 3 rings (SSSR count). The van der Waals surface area contributed by atoms with Crippen molar-refractivity contribution in [1.82, 2.24) is 14.7 Å². The summed E-state index contributed by atoms with van der Waals surface area (Å²) in [7, 11) is 0. The van der Waals surface area contributed by atoms with E-state index in [1.165, 1.54) is 11.8 Å². The normalized spacial score (nSPS) is 12.0. The van der Waals surface area contributed by atoms with Crippen molar-refractivity contribution in [3.8, 4) is 6.07 Å². The smallest absolute Gasteiger partial charge is 0.318 e. The van der Waals surface area contributed by atoms with Crippen molar-refractivity contribution in [3.63, 3.8) is 0 Å². The van der Waals surface area contributed by atoms with E-state index in [4.69, 9.17) is 5.73 Å². The molecule has 0 aliphatic carbocycles. The van der Waals surface area contributed by atoms with Gasteiger partial charge in [0.1, 0.15) is 6.07 Å². The van der Waals surface area contributed by atoms with Gasteiger partial charge in [-0.05, 0) is 37.6 Å². The van der Waals surface area contributed by atoms with Crippen molar-refractivity contribution >= 4 is 40.4 Å². The number of imidazole rings is 1. The van der Waals surface area contributed by atoms with Crippen LogP contribution in [0.1, 0.15) is 18.1 Å². The number of para-hydroxylation sites is 2. The molecule has 7 nitrogen and oxygen atoms in total. The fourth-order valence-corrected chi connectivity index (χ4v) is 3.66. The van der Waals surface area contributed by atoms with Gasteiger partial charge in [-0.15, -0.1) is 0 Å². The molecule has 1 unspecified atom stereocenters. The highest BCUT2D eigenvalue weighted by Crippen LogP contribution is 2.31. The molecule has 1 aromatic carbocycles. The number of fused-ring (bicyclic) bond motifs is 3. The molecule has 0 radical (unpaired) electrons. The Morgan fingerprint density at radius 2 is 2.12 bits per heavy atom. The number of pyridine rings is 1. The van der Waals surface area contributed by atoms with Crippen LogP contribution < -0.4 is 11.1 Å². The molecule has 126 valence electrons. The number of nitrogens with one attached hydrogen (secondary N) is 1. The van der Waals surface area contributed by atoms with E-state index in [-0.39, 0.29) is 0 Å². The molecule has 25 heavy (non-hydrogen) atoms. The van der Waals surface area contributed by atoms with Gasteiger partial charge in [0.25, 0.3) is 0 Å². The molecule has 8 heteroatoms.